The SMILES string of the molecule is CC(=O)O[C@H]1[C@H](O[C@@H]2[C@@H](OCc3ccccc3)[C@@H](OCc3ccccc3)OC[C@@H]2OC(C)=O)OC[C@@H](OCc2ccccc2)[C@@H]1OCc1ccccc1. The minimum Gasteiger partial charge on any atom is -0.457 e. The van der Waals surface area contributed by atoms with Gasteiger partial charge >= 0.3 is 11.9 Å². The molecule has 53 heavy (non-hydrogen) atoms. The van der Waals surface area contributed by atoms with E-state index in [0.717, 1.165) is 22.3 Å². The summed E-state index contributed by atoms with van der Waals surface area (Å²) in [5.74, 6) is -1.09. The highest BCUT2D eigenvalue weighted by Gasteiger charge is 2.51. The fraction of sp³-hybridized carbons (Fsp3) is 0.381. The van der Waals surface area contributed by atoms with Crippen LogP contribution in [0.4, 0.5) is 0 Å². The summed E-state index contributed by atoms with van der Waals surface area (Å²) in [4.78, 5) is 25.1. The first-order valence-corrected chi connectivity index (χ1v) is 17.8. The molecule has 2 aliphatic rings. The van der Waals surface area contributed by atoms with Crippen LogP contribution in [0.25, 0.3) is 0 Å². The van der Waals surface area contributed by atoms with Gasteiger partial charge in [-0.25, -0.2) is 0 Å². The van der Waals surface area contributed by atoms with Crippen molar-refractivity contribution >= 4 is 11.9 Å². The highest BCUT2D eigenvalue weighted by molar-refractivity contribution is 5.66. The second-order valence-electron chi connectivity index (χ2n) is 12.9. The molecule has 2 aliphatic heterocycles. The number of hydrogen-bond donors (Lipinski definition) is 0. The van der Waals surface area contributed by atoms with Crippen molar-refractivity contribution in [1.82, 2.24) is 0 Å². The third-order valence-electron chi connectivity index (χ3n) is 8.81. The summed E-state index contributed by atoms with van der Waals surface area (Å²) in [6.07, 6.45) is -7.40. The van der Waals surface area contributed by atoms with E-state index in [-0.39, 0.29) is 39.6 Å². The highest BCUT2D eigenvalue weighted by Crippen LogP contribution is 2.32. The standard InChI is InChI=1S/C42H46O11/c1-29(43)51-36-28-49-41(48-26-34-21-13-6-14-22-34)39(47-25-33-19-11-5-12-20-33)38(36)53-42-40(52-30(2)44)37(46-24-32-17-9-4-10-18-32)35(27-50-42)45-23-31-15-7-3-8-16-31/h3-22,35-42H,23-28H2,1-2H3/t35-,36+,37+,38+,39-,40-,41+,42+/m1/s1. The molecule has 0 aromatic heterocycles. The fourth-order valence-electron chi connectivity index (χ4n) is 6.28. The molecule has 0 aliphatic carbocycles. The molecule has 0 saturated carbocycles. The van der Waals surface area contributed by atoms with Crippen molar-refractivity contribution in [1.29, 1.82) is 0 Å². The Morgan fingerprint density at radius 1 is 0.472 bits per heavy atom. The van der Waals surface area contributed by atoms with E-state index in [1.165, 1.54) is 13.8 Å². The Morgan fingerprint density at radius 3 is 1.38 bits per heavy atom. The number of esters is 2. The molecule has 6 rings (SSSR count). The molecule has 0 unspecified atom stereocenters. The van der Waals surface area contributed by atoms with E-state index in [2.05, 4.69) is 0 Å². The fourth-order valence-corrected chi connectivity index (χ4v) is 6.28. The zero-order chi connectivity index (χ0) is 36.8. The lowest BCUT2D eigenvalue weighted by Gasteiger charge is -2.46. The van der Waals surface area contributed by atoms with Crippen molar-refractivity contribution in [2.45, 2.75) is 89.5 Å². The van der Waals surface area contributed by atoms with Gasteiger partial charge in [-0.05, 0) is 22.3 Å². The molecule has 4 aromatic carbocycles. The predicted octanol–water partition coefficient (Wildman–Crippen LogP) is 5.92. The van der Waals surface area contributed by atoms with Crippen molar-refractivity contribution in [2.24, 2.45) is 0 Å². The zero-order valence-electron chi connectivity index (χ0n) is 29.9. The van der Waals surface area contributed by atoms with Crippen LogP contribution in [-0.2, 0) is 78.6 Å². The van der Waals surface area contributed by atoms with Gasteiger partial charge in [-0.3, -0.25) is 9.59 Å². The summed E-state index contributed by atoms with van der Waals surface area (Å²) in [6, 6.07) is 38.7. The minimum absolute atomic E-state index is 0.0450. The van der Waals surface area contributed by atoms with Crippen LogP contribution < -0.4 is 0 Å². The predicted molar refractivity (Wildman–Crippen MR) is 192 cm³/mol. The van der Waals surface area contributed by atoms with E-state index >= 15 is 0 Å². The molecule has 0 amide bonds. The largest absolute Gasteiger partial charge is 0.457 e. The van der Waals surface area contributed by atoms with Crippen LogP contribution >= 0.6 is 0 Å². The molecule has 0 spiro atoms. The van der Waals surface area contributed by atoms with Crippen LogP contribution in [0.1, 0.15) is 36.1 Å². The maximum atomic E-state index is 12.7. The monoisotopic (exact) mass is 726 g/mol. The third-order valence-corrected chi connectivity index (χ3v) is 8.81. The van der Waals surface area contributed by atoms with E-state index in [4.69, 9.17) is 42.6 Å². The van der Waals surface area contributed by atoms with E-state index in [0.29, 0.717) is 0 Å². The van der Waals surface area contributed by atoms with Crippen LogP contribution in [0.5, 0.6) is 0 Å². The number of ether oxygens (including phenoxy) is 9. The van der Waals surface area contributed by atoms with Gasteiger partial charge in [0.15, 0.2) is 24.8 Å². The van der Waals surface area contributed by atoms with Gasteiger partial charge in [0.05, 0.1) is 39.6 Å². The Labute approximate surface area is 310 Å². The van der Waals surface area contributed by atoms with Crippen LogP contribution in [-0.4, -0.2) is 74.4 Å². The topological polar surface area (TPSA) is 117 Å². The molecule has 11 nitrogen and oxygen atoms in total. The molecule has 2 heterocycles. The van der Waals surface area contributed by atoms with Gasteiger partial charge in [0.25, 0.3) is 0 Å². The first-order valence-electron chi connectivity index (χ1n) is 17.8. The molecule has 0 bridgehead atoms. The van der Waals surface area contributed by atoms with Crippen LogP contribution in [0.15, 0.2) is 121 Å². The highest BCUT2D eigenvalue weighted by atomic mass is 16.8. The third kappa shape index (κ3) is 11.3. The zero-order valence-corrected chi connectivity index (χ0v) is 29.9. The van der Waals surface area contributed by atoms with E-state index in [9.17, 15) is 9.59 Å². The van der Waals surface area contributed by atoms with E-state index in [1.807, 2.05) is 121 Å². The van der Waals surface area contributed by atoms with Gasteiger partial charge < -0.3 is 42.6 Å². The van der Waals surface area contributed by atoms with Crippen molar-refractivity contribution in [3.63, 3.8) is 0 Å². The Kier molecular flexibility index (Phi) is 14.1. The smallest absolute Gasteiger partial charge is 0.303 e. The number of benzene rings is 4. The van der Waals surface area contributed by atoms with Gasteiger partial charge in [0.2, 0.25) is 0 Å². The summed E-state index contributed by atoms with van der Waals surface area (Å²) >= 11 is 0. The molecule has 4 aromatic rings. The lowest BCUT2D eigenvalue weighted by Crippen LogP contribution is -2.62. The van der Waals surface area contributed by atoms with Crippen molar-refractivity contribution in [3.05, 3.63) is 144 Å². The number of hydrogen-bond acceptors (Lipinski definition) is 11. The first-order chi connectivity index (χ1) is 25.9. The Hall–Kier alpha value is -4.46. The molecule has 11 heteroatoms. The van der Waals surface area contributed by atoms with Crippen LogP contribution in [0.2, 0.25) is 0 Å². The van der Waals surface area contributed by atoms with E-state index < -0.39 is 61.1 Å². The quantitative estimate of drug-likeness (QED) is 0.128. The molecule has 2 saturated heterocycles. The molecule has 280 valence electrons. The maximum absolute atomic E-state index is 12.7. The van der Waals surface area contributed by atoms with Gasteiger partial charge in [-0.2, -0.15) is 0 Å². The minimum atomic E-state index is -1.17. The van der Waals surface area contributed by atoms with E-state index in [1.54, 1.807) is 0 Å². The van der Waals surface area contributed by atoms with Crippen LogP contribution in [0, 0.1) is 0 Å². The Morgan fingerprint density at radius 2 is 0.887 bits per heavy atom. The summed E-state index contributed by atoms with van der Waals surface area (Å²) in [5, 5.41) is 0. The average molecular weight is 727 g/mol. The van der Waals surface area contributed by atoms with Gasteiger partial charge in [0, 0.05) is 13.8 Å². The maximum Gasteiger partial charge on any atom is 0.303 e. The van der Waals surface area contributed by atoms with Crippen molar-refractivity contribution < 1.29 is 52.2 Å². The Balaban J connectivity index is 1.28. The summed E-state index contributed by atoms with van der Waals surface area (Å²) in [6.45, 7) is 3.55. The molecule has 0 N–H and O–H groups in total. The van der Waals surface area contributed by atoms with Gasteiger partial charge in [0.1, 0.15) is 24.4 Å². The molecule has 2 fully saturated rings. The average Bonchev–Trinajstić information content (AvgIpc) is 3.18. The molecule has 0 radical (unpaired) electrons. The molecule has 8 atom stereocenters. The lowest BCUT2D eigenvalue weighted by atomic mass is 10.0. The Bertz CT molecular complexity index is 1670. The van der Waals surface area contributed by atoms with Crippen molar-refractivity contribution in [2.75, 3.05) is 13.2 Å². The number of carbonyl (C=O) groups is 2. The second-order valence-corrected chi connectivity index (χ2v) is 12.9. The molecular formula is C42H46O11. The molecular weight excluding hydrogens is 680 g/mol. The second kappa shape index (κ2) is 19.6. The normalized spacial score (nSPS) is 25.7. The summed E-state index contributed by atoms with van der Waals surface area (Å²) < 4.78 is 56.6. The lowest BCUT2D eigenvalue weighted by molar-refractivity contribution is -0.347. The number of rotatable bonds is 16. The first kappa shape index (κ1) is 38.3. The summed E-state index contributed by atoms with van der Waals surface area (Å²) in [7, 11) is 0. The summed E-state index contributed by atoms with van der Waals surface area (Å²) in [5.41, 5.74) is 3.72. The van der Waals surface area contributed by atoms with Crippen molar-refractivity contribution in [3.8, 4) is 0 Å². The van der Waals surface area contributed by atoms with Gasteiger partial charge in [-0.1, -0.05) is 121 Å². The number of carbonyl (C=O) groups excluding carboxylic acids is 2. The van der Waals surface area contributed by atoms with Gasteiger partial charge in [-0.15, -0.1) is 0 Å². The van der Waals surface area contributed by atoms with Crippen LogP contribution in [0.3, 0.4) is 0 Å².